The van der Waals surface area contributed by atoms with Crippen LogP contribution in [0.15, 0.2) is 29.2 Å². The molecule has 2 fully saturated rings. The number of piperidine rings is 1. The number of hydrogen-bond donors (Lipinski definition) is 2. The molecule has 1 saturated heterocycles. The van der Waals surface area contributed by atoms with E-state index in [2.05, 4.69) is 0 Å². The molecule has 2 N–H and O–H groups in total. The summed E-state index contributed by atoms with van der Waals surface area (Å²) in [5.41, 5.74) is 0.199. The maximum atomic E-state index is 13.1. The van der Waals surface area contributed by atoms with Gasteiger partial charge in [0.1, 0.15) is 0 Å². The molecule has 1 amide bonds. The van der Waals surface area contributed by atoms with Crippen LogP contribution in [0.3, 0.4) is 0 Å². The second-order valence-corrected chi connectivity index (χ2v) is 8.92. The Morgan fingerprint density at radius 2 is 1.79 bits per heavy atom. The van der Waals surface area contributed by atoms with Crippen molar-refractivity contribution in [2.24, 2.45) is 0 Å². The Kier molecular flexibility index (Phi) is 4.44. The summed E-state index contributed by atoms with van der Waals surface area (Å²) < 4.78 is 23.2. The molecule has 0 unspecified atom stereocenters. The fraction of sp³-hybridized carbons (Fsp3) is 0.588. The van der Waals surface area contributed by atoms with Gasteiger partial charge in [-0.15, -0.1) is 0 Å². The SMILES string of the molecule is CS(=O)(=O)c1ccc(C2(C(=O)N3CC[C@H](O)[C@@H](O)C3)CCC2)cc1. The Hall–Kier alpha value is -1.44. The van der Waals surface area contributed by atoms with Gasteiger partial charge in [-0.25, -0.2) is 8.42 Å². The molecule has 1 aliphatic carbocycles. The van der Waals surface area contributed by atoms with Crippen LogP contribution in [0.25, 0.3) is 0 Å². The minimum Gasteiger partial charge on any atom is -0.390 e. The van der Waals surface area contributed by atoms with Crippen molar-refractivity contribution in [3.63, 3.8) is 0 Å². The summed E-state index contributed by atoms with van der Waals surface area (Å²) in [6, 6.07) is 6.55. The summed E-state index contributed by atoms with van der Waals surface area (Å²) in [5, 5.41) is 19.5. The zero-order chi connectivity index (χ0) is 17.5. The zero-order valence-electron chi connectivity index (χ0n) is 13.7. The quantitative estimate of drug-likeness (QED) is 0.823. The summed E-state index contributed by atoms with van der Waals surface area (Å²) in [5.74, 6) is -0.0354. The lowest BCUT2D eigenvalue weighted by Gasteiger charge is -2.46. The van der Waals surface area contributed by atoms with Gasteiger partial charge in [0.25, 0.3) is 0 Å². The smallest absolute Gasteiger partial charge is 0.233 e. The van der Waals surface area contributed by atoms with E-state index in [9.17, 15) is 23.4 Å². The number of carbonyl (C=O) groups is 1. The fourth-order valence-corrected chi connectivity index (χ4v) is 4.21. The van der Waals surface area contributed by atoms with Crippen molar-refractivity contribution >= 4 is 15.7 Å². The Bertz CT molecular complexity index is 724. The normalized spacial score (nSPS) is 26.7. The van der Waals surface area contributed by atoms with Gasteiger partial charge in [0.05, 0.1) is 22.5 Å². The van der Waals surface area contributed by atoms with Crippen molar-refractivity contribution in [3.8, 4) is 0 Å². The molecular weight excluding hydrogens is 330 g/mol. The number of amides is 1. The van der Waals surface area contributed by atoms with E-state index in [1.807, 2.05) is 0 Å². The summed E-state index contributed by atoms with van der Waals surface area (Å²) in [6.07, 6.45) is 2.23. The number of rotatable bonds is 3. The van der Waals surface area contributed by atoms with Gasteiger partial charge < -0.3 is 15.1 Å². The first-order valence-corrected chi connectivity index (χ1v) is 10.1. The molecule has 2 atom stereocenters. The third-order valence-corrected chi connectivity index (χ3v) is 6.41. The van der Waals surface area contributed by atoms with Crippen LogP contribution in [0.2, 0.25) is 0 Å². The predicted octanol–water partition coefficient (Wildman–Crippen LogP) is 0.466. The van der Waals surface area contributed by atoms with Crippen LogP contribution in [0.4, 0.5) is 0 Å². The number of sulfone groups is 1. The lowest BCUT2D eigenvalue weighted by molar-refractivity contribution is -0.147. The van der Waals surface area contributed by atoms with Crippen LogP contribution >= 0.6 is 0 Å². The molecule has 1 aromatic rings. The summed E-state index contributed by atoms with van der Waals surface area (Å²) in [7, 11) is -3.26. The molecule has 7 heteroatoms. The maximum Gasteiger partial charge on any atom is 0.233 e. The van der Waals surface area contributed by atoms with Crippen LogP contribution in [0.1, 0.15) is 31.2 Å². The van der Waals surface area contributed by atoms with E-state index < -0.39 is 27.5 Å². The standard InChI is InChI=1S/C17H23NO5S/c1-24(22,23)13-5-3-12(4-6-13)17(8-2-9-17)16(21)18-10-7-14(19)15(20)11-18/h3-6,14-15,19-20H,2,7-11H2,1H3/t14-,15-/m0/s1. The maximum absolute atomic E-state index is 13.1. The molecule has 1 aliphatic heterocycles. The average Bonchev–Trinajstić information content (AvgIpc) is 2.48. The van der Waals surface area contributed by atoms with Crippen LogP contribution in [0, 0.1) is 0 Å². The molecule has 0 bridgehead atoms. The Labute approximate surface area is 142 Å². The number of nitrogens with zero attached hydrogens (tertiary/aromatic N) is 1. The van der Waals surface area contributed by atoms with Crippen LogP contribution in [-0.2, 0) is 20.0 Å². The minimum absolute atomic E-state index is 0.0354. The van der Waals surface area contributed by atoms with E-state index in [0.717, 1.165) is 31.1 Å². The second-order valence-electron chi connectivity index (χ2n) is 6.91. The molecule has 0 aromatic heterocycles. The molecule has 1 heterocycles. The number of likely N-dealkylation sites (tertiary alicyclic amines) is 1. The van der Waals surface area contributed by atoms with Crippen molar-refractivity contribution in [1.29, 1.82) is 0 Å². The molecule has 0 radical (unpaired) electrons. The third kappa shape index (κ3) is 2.96. The Morgan fingerprint density at radius 3 is 2.25 bits per heavy atom. The molecule has 3 rings (SSSR count). The van der Waals surface area contributed by atoms with Crippen LogP contribution in [0.5, 0.6) is 0 Å². The third-order valence-electron chi connectivity index (χ3n) is 5.29. The summed E-state index contributed by atoms with van der Waals surface area (Å²) in [6.45, 7) is 0.573. The van der Waals surface area contributed by atoms with Gasteiger partial charge in [-0.1, -0.05) is 18.6 Å². The first-order chi connectivity index (χ1) is 11.2. The van der Waals surface area contributed by atoms with E-state index in [1.54, 1.807) is 29.2 Å². The number of β-amino-alcohol motifs (C(OH)–C–C–N with tert-alkyl or cyclic N) is 1. The van der Waals surface area contributed by atoms with Gasteiger partial charge in [-0.3, -0.25) is 4.79 Å². The van der Waals surface area contributed by atoms with E-state index in [4.69, 9.17) is 0 Å². The van der Waals surface area contributed by atoms with Gasteiger partial charge in [0.2, 0.25) is 5.91 Å². The first-order valence-electron chi connectivity index (χ1n) is 8.20. The number of hydrogen-bond acceptors (Lipinski definition) is 5. The predicted molar refractivity (Wildman–Crippen MR) is 88.3 cm³/mol. The number of benzene rings is 1. The lowest BCUT2D eigenvalue weighted by Crippen LogP contribution is -2.56. The van der Waals surface area contributed by atoms with Gasteiger partial charge in [0, 0.05) is 19.3 Å². The monoisotopic (exact) mass is 353 g/mol. The molecular formula is C17H23NO5S. The summed E-state index contributed by atoms with van der Waals surface area (Å²) >= 11 is 0. The average molecular weight is 353 g/mol. The number of aliphatic hydroxyl groups is 2. The second kappa shape index (κ2) is 6.13. The highest BCUT2D eigenvalue weighted by Crippen LogP contribution is 2.45. The zero-order valence-corrected chi connectivity index (χ0v) is 14.5. The highest BCUT2D eigenvalue weighted by molar-refractivity contribution is 7.90. The van der Waals surface area contributed by atoms with E-state index in [0.29, 0.717) is 13.0 Å². The van der Waals surface area contributed by atoms with Gasteiger partial charge in [0.15, 0.2) is 9.84 Å². The largest absolute Gasteiger partial charge is 0.390 e. The molecule has 132 valence electrons. The van der Waals surface area contributed by atoms with E-state index in [-0.39, 0.29) is 17.3 Å². The van der Waals surface area contributed by atoms with Crippen LogP contribution in [-0.4, -0.2) is 61.0 Å². The van der Waals surface area contributed by atoms with E-state index in [1.165, 1.54) is 0 Å². The molecule has 2 aliphatic rings. The first kappa shape index (κ1) is 17.4. The van der Waals surface area contributed by atoms with Crippen molar-refractivity contribution in [2.75, 3.05) is 19.3 Å². The lowest BCUT2D eigenvalue weighted by atomic mass is 9.63. The minimum atomic E-state index is -3.26. The van der Waals surface area contributed by atoms with Crippen molar-refractivity contribution < 1.29 is 23.4 Å². The molecule has 0 spiro atoms. The highest BCUT2D eigenvalue weighted by Gasteiger charge is 2.48. The molecule has 1 aromatic carbocycles. The number of carbonyl (C=O) groups excluding carboxylic acids is 1. The Balaban J connectivity index is 1.85. The van der Waals surface area contributed by atoms with Crippen molar-refractivity contribution in [3.05, 3.63) is 29.8 Å². The fourth-order valence-electron chi connectivity index (χ4n) is 3.58. The van der Waals surface area contributed by atoms with Gasteiger partial charge in [-0.05, 0) is 37.0 Å². The molecule has 6 nitrogen and oxygen atoms in total. The topological polar surface area (TPSA) is 94.9 Å². The highest BCUT2D eigenvalue weighted by atomic mass is 32.2. The van der Waals surface area contributed by atoms with Crippen LogP contribution < -0.4 is 0 Å². The van der Waals surface area contributed by atoms with Crippen molar-refractivity contribution in [1.82, 2.24) is 4.90 Å². The van der Waals surface area contributed by atoms with E-state index >= 15 is 0 Å². The van der Waals surface area contributed by atoms with Gasteiger partial charge in [-0.2, -0.15) is 0 Å². The summed E-state index contributed by atoms with van der Waals surface area (Å²) in [4.78, 5) is 14.9. The molecule has 1 saturated carbocycles. The molecule has 24 heavy (non-hydrogen) atoms. The Morgan fingerprint density at radius 1 is 1.17 bits per heavy atom. The van der Waals surface area contributed by atoms with Gasteiger partial charge >= 0.3 is 0 Å². The number of aliphatic hydroxyl groups excluding tert-OH is 2. The van der Waals surface area contributed by atoms with Crippen molar-refractivity contribution in [2.45, 2.75) is 48.2 Å².